The van der Waals surface area contributed by atoms with Gasteiger partial charge >= 0.3 is 0 Å². The summed E-state index contributed by atoms with van der Waals surface area (Å²) < 4.78 is 1.40. The van der Waals surface area contributed by atoms with Gasteiger partial charge in [-0.1, -0.05) is 60.3 Å². The maximum absolute atomic E-state index is 12.8. The normalized spacial score (nSPS) is 13.0. The molecule has 0 saturated carbocycles. The van der Waals surface area contributed by atoms with Crippen molar-refractivity contribution in [1.29, 1.82) is 0 Å². The lowest BCUT2D eigenvalue weighted by atomic mass is 10.2. The second-order valence-corrected chi connectivity index (χ2v) is 5.94. The van der Waals surface area contributed by atoms with Gasteiger partial charge in [-0.2, -0.15) is 14.9 Å². The Labute approximate surface area is 136 Å². The van der Waals surface area contributed by atoms with Crippen molar-refractivity contribution in [2.45, 2.75) is 4.90 Å². The van der Waals surface area contributed by atoms with Gasteiger partial charge < -0.3 is 0 Å². The lowest BCUT2D eigenvalue weighted by molar-refractivity contribution is 0.782. The Kier molecular flexibility index (Phi) is 3.44. The highest BCUT2D eigenvalue weighted by atomic mass is 32.2. The first-order valence-corrected chi connectivity index (χ1v) is 7.89. The van der Waals surface area contributed by atoms with Gasteiger partial charge in [0.25, 0.3) is 5.56 Å². The monoisotopic (exact) mass is 320 g/mol. The number of nitrogens with one attached hydrogen (secondary N) is 1. The number of rotatable bonds is 2. The largest absolute Gasteiger partial charge is 0.287 e. The SMILES string of the molecule is O=c1c2c(cnn1-c1ccccc1)NN=C(c1ccccc1)S2. The Morgan fingerprint density at radius 1 is 0.957 bits per heavy atom. The van der Waals surface area contributed by atoms with Gasteiger partial charge in [-0.3, -0.25) is 10.2 Å². The number of hydrogen-bond donors (Lipinski definition) is 1. The van der Waals surface area contributed by atoms with Gasteiger partial charge in [-0.25, -0.2) is 0 Å². The third kappa shape index (κ3) is 2.53. The minimum absolute atomic E-state index is 0.158. The van der Waals surface area contributed by atoms with Crippen molar-refractivity contribution in [2.24, 2.45) is 5.10 Å². The van der Waals surface area contributed by atoms with Crippen molar-refractivity contribution in [2.75, 3.05) is 5.43 Å². The van der Waals surface area contributed by atoms with Gasteiger partial charge in [0.15, 0.2) is 0 Å². The Morgan fingerprint density at radius 3 is 2.39 bits per heavy atom. The van der Waals surface area contributed by atoms with E-state index in [9.17, 15) is 4.79 Å². The molecule has 112 valence electrons. The van der Waals surface area contributed by atoms with Crippen LogP contribution in [0.15, 0.2) is 81.7 Å². The zero-order chi connectivity index (χ0) is 15.6. The average molecular weight is 320 g/mol. The summed E-state index contributed by atoms with van der Waals surface area (Å²) in [5.41, 5.74) is 5.11. The van der Waals surface area contributed by atoms with E-state index in [0.29, 0.717) is 10.6 Å². The molecular weight excluding hydrogens is 308 g/mol. The maximum Gasteiger partial charge on any atom is 0.287 e. The molecule has 0 amide bonds. The zero-order valence-corrected chi connectivity index (χ0v) is 12.8. The van der Waals surface area contributed by atoms with Gasteiger partial charge in [0.05, 0.1) is 17.6 Å². The van der Waals surface area contributed by atoms with Crippen LogP contribution in [0.1, 0.15) is 5.56 Å². The Hall–Kier alpha value is -2.86. The second-order valence-electron chi connectivity index (χ2n) is 4.94. The third-order valence-electron chi connectivity index (χ3n) is 3.43. The highest BCUT2D eigenvalue weighted by Gasteiger charge is 2.20. The fraction of sp³-hybridized carbons (Fsp3) is 0. The molecule has 2 aromatic carbocycles. The van der Waals surface area contributed by atoms with Crippen molar-refractivity contribution in [3.05, 3.63) is 82.8 Å². The summed E-state index contributed by atoms with van der Waals surface area (Å²) >= 11 is 1.36. The number of hydrazone groups is 1. The van der Waals surface area contributed by atoms with E-state index in [0.717, 1.165) is 16.3 Å². The average Bonchev–Trinajstić information content (AvgIpc) is 2.63. The Balaban J connectivity index is 1.77. The van der Waals surface area contributed by atoms with E-state index in [1.807, 2.05) is 60.7 Å². The van der Waals surface area contributed by atoms with Gasteiger partial charge in [-0.15, -0.1) is 0 Å². The van der Waals surface area contributed by atoms with Crippen LogP contribution in [-0.4, -0.2) is 14.8 Å². The van der Waals surface area contributed by atoms with E-state index in [2.05, 4.69) is 15.6 Å². The van der Waals surface area contributed by atoms with E-state index >= 15 is 0 Å². The van der Waals surface area contributed by atoms with E-state index in [-0.39, 0.29) is 5.56 Å². The van der Waals surface area contributed by atoms with Crippen molar-refractivity contribution in [1.82, 2.24) is 9.78 Å². The molecule has 0 aliphatic carbocycles. The topological polar surface area (TPSA) is 59.3 Å². The lowest BCUT2D eigenvalue weighted by Crippen LogP contribution is -2.25. The quantitative estimate of drug-likeness (QED) is 0.788. The summed E-state index contributed by atoms with van der Waals surface area (Å²) in [5, 5.41) is 9.31. The standard InChI is InChI=1S/C17H12N4OS/c22-17-15-14(11-18-21(17)13-9-5-2-6-10-13)19-20-16(23-15)12-7-3-1-4-8-12/h1-11,19H. The lowest BCUT2D eigenvalue weighted by Gasteiger charge is -2.16. The molecule has 4 rings (SSSR count). The molecule has 0 unspecified atom stereocenters. The predicted octanol–water partition coefficient (Wildman–Crippen LogP) is 3.11. The number of hydrogen-bond acceptors (Lipinski definition) is 5. The van der Waals surface area contributed by atoms with Gasteiger partial charge in [0, 0.05) is 5.56 Å². The van der Waals surface area contributed by atoms with Gasteiger partial charge in [0.1, 0.15) is 9.94 Å². The highest BCUT2D eigenvalue weighted by molar-refractivity contribution is 8.14. The van der Waals surface area contributed by atoms with Crippen LogP contribution < -0.4 is 11.0 Å². The Bertz CT molecular complexity index is 936. The van der Waals surface area contributed by atoms with E-state index in [4.69, 9.17) is 0 Å². The van der Waals surface area contributed by atoms with Crippen molar-refractivity contribution in [3.63, 3.8) is 0 Å². The molecule has 1 aromatic heterocycles. The van der Waals surface area contributed by atoms with Crippen LogP contribution in [0.25, 0.3) is 5.69 Å². The summed E-state index contributed by atoms with van der Waals surface area (Å²) in [7, 11) is 0. The van der Waals surface area contributed by atoms with E-state index in [1.165, 1.54) is 16.4 Å². The van der Waals surface area contributed by atoms with Gasteiger partial charge in [0.2, 0.25) is 0 Å². The smallest absolute Gasteiger partial charge is 0.274 e. The first kappa shape index (κ1) is 13.8. The summed E-state index contributed by atoms with van der Waals surface area (Å²) in [6.07, 6.45) is 1.63. The van der Waals surface area contributed by atoms with Crippen LogP contribution in [0.5, 0.6) is 0 Å². The van der Waals surface area contributed by atoms with Crippen molar-refractivity contribution >= 4 is 22.5 Å². The molecule has 0 atom stereocenters. The number of para-hydroxylation sites is 1. The van der Waals surface area contributed by atoms with Crippen LogP contribution in [0.2, 0.25) is 0 Å². The molecule has 2 heterocycles. The highest BCUT2D eigenvalue weighted by Crippen LogP contribution is 2.31. The fourth-order valence-corrected chi connectivity index (χ4v) is 3.22. The summed E-state index contributed by atoms with van der Waals surface area (Å²) in [6.45, 7) is 0. The summed E-state index contributed by atoms with van der Waals surface area (Å²) in [4.78, 5) is 13.4. The third-order valence-corrected chi connectivity index (χ3v) is 4.55. The number of thioether (sulfide) groups is 1. The predicted molar refractivity (Wildman–Crippen MR) is 92.3 cm³/mol. The van der Waals surface area contributed by atoms with Gasteiger partial charge in [-0.05, 0) is 12.1 Å². The van der Waals surface area contributed by atoms with Crippen LogP contribution in [0, 0.1) is 0 Å². The van der Waals surface area contributed by atoms with Crippen molar-refractivity contribution in [3.8, 4) is 5.69 Å². The second kappa shape index (κ2) is 5.73. The molecule has 6 heteroatoms. The first-order valence-electron chi connectivity index (χ1n) is 7.08. The molecule has 1 N–H and O–H groups in total. The molecule has 0 radical (unpaired) electrons. The molecule has 0 fully saturated rings. The van der Waals surface area contributed by atoms with Crippen molar-refractivity contribution < 1.29 is 0 Å². The maximum atomic E-state index is 12.8. The summed E-state index contributed by atoms with van der Waals surface area (Å²) in [6, 6.07) is 19.2. The molecule has 0 bridgehead atoms. The number of fused-ring (bicyclic) bond motifs is 1. The van der Waals surface area contributed by atoms with Crippen LogP contribution in [0.4, 0.5) is 5.69 Å². The van der Waals surface area contributed by atoms with E-state index in [1.54, 1.807) is 6.20 Å². The molecule has 5 nitrogen and oxygen atoms in total. The minimum atomic E-state index is -0.158. The summed E-state index contributed by atoms with van der Waals surface area (Å²) in [5.74, 6) is 0. The number of nitrogens with zero attached hydrogens (tertiary/aromatic N) is 3. The molecule has 1 aliphatic rings. The van der Waals surface area contributed by atoms with E-state index < -0.39 is 0 Å². The number of benzene rings is 2. The molecule has 3 aromatic rings. The molecule has 0 saturated heterocycles. The van der Waals surface area contributed by atoms with Crippen LogP contribution in [-0.2, 0) is 0 Å². The molecular formula is C17H12N4OS. The molecule has 0 spiro atoms. The number of anilines is 1. The number of aromatic nitrogens is 2. The molecule has 23 heavy (non-hydrogen) atoms. The zero-order valence-electron chi connectivity index (χ0n) is 12.0. The van der Waals surface area contributed by atoms with Crippen LogP contribution >= 0.6 is 11.8 Å². The van der Waals surface area contributed by atoms with Crippen LogP contribution in [0.3, 0.4) is 0 Å². The first-order chi connectivity index (χ1) is 11.3. The molecule has 1 aliphatic heterocycles. The minimum Gasteiger partial charge on any atom is -0.274 e. The Morgan fingerprint density at radius 2 is 1.65 bits per heavy atom. The fourth-order valence-electron chi connectivity index (χ4n) is 2.30.